The van der Waals surface area contributed by atoms with Crippen molar-refractivity contribution in [2.75, 3.05) is 17.2 Å². The number of halogens is 1. The lowest BCUT2D eigenvalue weighted by Gasteiger charge is -2.06. The molecule has 1 heterocycles. The Morgan fingerprint density at radius 2 is 2.05 bits per heavy atom. The molecule has 0 saturated heterocycles. The average molecular weight is 274 g/mol. The Bertz CT molecular complexity index is 613. The predicted octanol–water partition coefficient (Wildman–Crippen LogP) is 2.61. The third-order valence-electron chi connectivity index (χ3n) is 2.68. The molecule has 104 valence electrons. The summed E-state index contributed by atoms with van der Waals surface area (Å²) in [7, 11) is 0. The number of anilines is 2. The van der Waals surface area contributed by atoms with Crippen LogP contribution in [0.25, 0.3) is 0 Å². The van der Waals surface area contributed by atoms with Crippen LogP contribution in [0.15, 0.2) is 30.3 Å². The Balaban J connectivity index is 2.09. The largest absolute Gasteiger partial charge is 0.369 e. The number of nitrogens with zero attached hydrogens (tertiary/aromatic N) is 2. The first kappa shape index (κ1) is 13.9. The maximum atomic E-state index is 13.4. The van der Waals surface area contributed by atoms with Gasteiger partial charge in [0.25, 0.3) is 5.91 Å². The standard InChI is InChI=1S/C14H15FN4O/c1-3-16-13-7-6-12(18-19-13)14(20)17-10-5-4-9(2)11(15)8-10/h4-8H,3H2,1-2H3,(H,16,19)(H,17,20). The van der Waals surface area contributed by atoms with E-state index in [1.807, 2.05) is 6.92 Å². The molecule has 1 amide bonds. The lowest BCUT2D eigenvalue weighted by atomic mass is 10.2. The minimum atomic E-state index is -0.427. The first-order valence-electron chi connectivity index (χ1n) is 6.25. The van der Waals surface area contributed by atoms with E-state index < -0.39 is 5.91 Å². The lowest BCUT2D eigenvalue weighted by molar-refractivity contribution is 0.102. The molecule has 2 rings (SSSR count). The van der Waals surface area contributed by atoms with Gasteiger partial charge >= 0.3 is 0 Å². The highest BCUT2D eigenvalue weighted by Gasteiger charge is 2.09. The zero-order valence-electron chi connectivity index (χ0n) is 11.3. The van der Waals surface area contributed by atoms with Crippen molar-refractivity contribution in [1.29, 1.82) is 0 Å². The molecule has 0 fully saturated rings. The lowest BCUT2D eigenvalue weighted by Crippen LogP contribution is -2.15. The van der Waals surface area contributed by atoms with Gasteiger partial charge in [0.05, 0.1) is 0 Å². The molecule has 20 heavy (non-hydrogen) atoms. The number of carbonyl (C=O) groups is 1. The van der Waals surface area contributed by atoms with Crippen LogP contribution in [0.2, 0.25) is 0 Å². The van der Waals surface area contributed by atoms with Crippen LogP contribution in [0, 0.1) is 12.7 Å². The SMILES string of the molecule is CCNc1ccc(C(=O)Nc2ccc(C)c(F)c2)nn1. The third-order valence-corrected chi connectivity index (χ3v) is 2.68. The zero-order chi connectivity index (χ0) is 14.5. The van der Waals surface area contributed by atoms with Gasteiger partial charge in [-0.2, -0.15) is 0 Å². The number of nitrogens with one attached hydrogen (secondary N) is 2. The Kier molecular flexibility index (Phi) is 4.24. The fourth-order valence-corrected chi connectivity index (χ4v) is 1.59. The molecular formula is C14H15FN4O. The van der Waals surface area contributed by atoms with E-state index in [2.05, 4.69) is 20.8 Å². The molecule has 0 saturated carbocycles. The second-order valence-electron chi connectivity index (χ2n) is 4.25. The summed E-state index contributed by atoms with van der Waals surface area (Å²) in [5.74, 6) is -0.189. The van der Waals surface area contributed by atoms with E-state index in [0.717, 1.165) is 6.54 Å². The van der Waals surface area contributed by atoms with Crippen molar-refractivity contribution in [3.05, 3.63) is 47.4 Å². The number of rotatable bonds is 4. The van der Waals surface area contributed by atoms with E-state index >= 15 is 0 Å². The normalized spacial score (nSPS) is 10.2. The summed E-state index contributed by atoms with van der Waals surface area (Å²) in [6.45, 7) is 4.32. The number of hydrogen-bond donors (Lipinski definition) is 2. The van der Waals surface area contributed by atoms with E-state index in [9.17, 15) is 9.18 Å². The zero-order valence-corrected chi connectivity index (χ0v) is 11.3. The third kappa shape index (κ3) is 3.28. The Morgan fingerprint density at radius 1 is 1.25 bits per heavy atom. The summed E-state index contributed by atoms with van der Waals surface area (Å²) >= 11 is 0. The molecule has 5 nitrogen and oxygen atoms in total. The second kappa shape index (κ2) is 6.10. The molecule has 1 aromatic carbocycles. The molecule has 1 aromatic heterocycles. The van der Waals surface area contributed by atoms with Gasteiger partial charge in [0.1, 0.15) is 11.6 Å². The average Bonchev–Trinajstić information content (AvgIpc) is 2.44. The van der Waals surface area contributed by atoms with Crippen molar-refractivity contribution in [1.82, 2.24) is 10.2 Å². The molecule has 0 bridgehead atoms. The van der Waals surface area contributed by atoms with Crippen LogP contribution < -0.4 is 10.6 Å². The molecule has 2 N–H and O–H groups in total. The van der Waals surface area contributed by atoms with Gasteiger partial charge < -0.3 is 10.6 Å². The van der Waals surface area contributed by atoms with E-state index in [4.69, 9.17) is 0 Å². The van der Waals surface area contributed by atoms with Crippen LogP contribution in [-0.4, -0.2) is 22.6 Å². The molecule has 0 spiro atoms. The number of amides is 1. The summed E-state index contributed by atoms with van der Waals surface area (Å²) < 4.78 is 13.4. The highest BCUT2D eigenvalue weighted by molar-refractivity contribution is 6.02. The van der Waals surface area contributed by atoms with Crippen LogP contribution in [0.3, 0.4) is 0 Å². The fraction of sp³-hybridized carbons (Fsp3) is 0.214. The first-order chi connectivity index (χ1) is 9.60. The minimum absolute atomic E-state index is 0.174. The maximum absolute atomic E-state index is 13.4. The molecule has 0 aliphatic carbocycles. The maximum Gasteiger partial charge on any atom is 0.276 e. The molecule has 2 aromatic rings. The number of hydrogen-bond acceptors (Lipinski definition) is 4. The van der Waals surface area contributed by atoms with Crippen molar-refractivity contribution < 1.29 is 9.18 Å². The van der Waals surface area contributed by atoms with Gasteiger partial charge in [0.15, 0.2) is 5.69 Å². The van der Waals surface area contributed by atoms with Crippen molar-refractivity contribution in [2.24, 2.45) is 0 Å². The van der Waals surface area contributed by atoms with Crippen molar-refractivity contribution in [3.63, 3.8) is 0 Å². The van der Waals surface area contributed by atoms with Crippen LogP contribution in [0.1, 0.15) is 23.0 Å². The van der Waals surface area contributed by atoms with E-state index in [0.29, 0.717) is 17.1 Å². The summed E-state index contributed by atoms with van der Waals surface area (Å²) in [4.78, 5) is 11.9. The van der Waals surface area contributed by atoms with Gasteiger partial charge in [-0.3, -0.25) is 4.79 Å². The Morgan fingerprint density at radius 3 is 2.65 bits per heavy atom. The Labute approximate surface area is 116 Å². The van der Waals surface area contributed by atoms with Gasteiger partial charge in [0, 0.05) is 12.2 Å². The Hall–Kier alpha value is -2.50. The highest BCUT2D eigenvalue weighted by Crippen LogP contribution is 2.14. The van der Waals surface area contributed by atoms with Crippen LogP contribution in [0.4, 0.5) is 15.9 Å². The van der Waals surface area contributed by atoms with Gasteiger partial charge in [-0.15, -0.1) is 10.2 Å². The van der Waals surface area contributed by atoms with Crippen molar-refractivity contribution in [2.45, 2.75) is 13.8 Å². The number of aromatic nitrogens is 2. The smallest absolute Gasteiger partial charge is 0.276 e. The van der Waals surface area contributed by atoms with E-state index in [1.165, 1.54) is 6.07 Å². The van der Waals surface area contributed by atoms with Gasteiger partial charge in [-0.25, -0.2) is 4.39 Å². The molecule has 0 aliphatic rings. The quantitative estimate of drug-likeness (QED) is 0.899. The molecule has 6 heteroatoms. The number of carbonyl (C=O) groups excluding carboxylic acids is 1. The number of benzene rings is 1. The molecule has 0 atom stereocenters. The van der Waals surface area contributed by atoms with Crippen LogP contribution in [-0.2, 0) is 0 Å². The summed E-state index contributed by atoms with van der Waals surface area (Å²) in [5.41, 5.74) is 1.08. The molecule has 0 unspecified atom stereocenters. The van der Waals surface area contributed by atoms with Crippen LogP contribution >= 0.6 is 0 Å². The molecule has 0 aliphatic heterocycles. The van der Waals surface area contributed by atoms with Gasteiger partial charge in [-0.1, -0.05) is 6.07 Å². The highest BCUT2D eigenvalue weighted by atomic mass is 19.1. The first-order valence-corrected chi connectivity index (χ1v) is 6.25. The monoisotopic (exact) mass is 274 g/mol. The number of aryl methyl sites for hydroxylation is 1. The summed E-state index contributed by atoms with van der Waals surface area (Å²) in [6, 6.07) is 7.74. The van der Waals surface area contributed by atoms with Gasteiger partial charge in [-0.05, 0) is 43.7 Å². The molecule has 0 radical (unpaired) electrons. The van der Waals surface area contributed by atoms with Crippen molar-refractivity contribution >= 4 is 17.4 Å². The predicted molar refractivity (Wildman–Crippen MR) is 75.3 cm³/mol. The van der Waals surface area contributed by atoms with Crippen LogP contribution in [0.5, 0.6) is 0 Å². The topological polar surface area (TPSA) is 66.9 Å². The fourth-order valence-electron chi connectivity index (χ4n) is 1.59. The molecular weight excluding hydrogens is 259 g/mol. The second-order valence-corrected chi connectivity index (χ2v) is 4.25. The minimum Gasteiger partial charge on any atom is -0.369 e. The van der Waals surface area contributed by atoms with Crippen molar-refractivity contribution in [3.8, 4) is 0 Å². The summed E-state index contributed by atoms with van der Waals surface area (Å²) in [5, 5.41) is 13.2. The van der Waals surface area contributed by atoms with E-state index in [-0.39, 0.29) is 11.5 Å². The van der Waals surface area contributed by atoms with E-state index in [1.54, 1.807) is 31.2 Å². The summed E-state index contributed by atoms with van der Waals surface area (Å²) in [6.07, 6.45) is 0. The van der Waals surface area contributed by atoms with Gasteiger partial charge in [0.2, 0.25) is 0 Å².